The first-order chi connectivity index (χ1) is 10.7. The molecule has 2 heterocycles. The van der Waals surface area contributed by atoms with Crippen LogP contribution in [-0.2, 0) is 9.53 Å². The van der Waals surface area contributed by atoms with Crippen LogP contribution >= 0.6 is 0 Å². The van der Waals surface area contributed by atoms with Crippen molar-refractivity contribution in [2.75, 3.05) is 37.7 Å². The van der Waals surface area contributed by atoms with Gasteiger partial charge in [0.2, 0.25) is 5.71 Å². The molecule has 116 valence electrons. The summed E-state index contributed by atoms with van der Waals surface area (Å²) >= 11 is 0. The molecule has 0 saturated carbocycles. The highest BCUT2D eigenvalue weighted by molar-refractivity contribution is 6.42. The van der Waals surface area contributed by atoms with Crippen LogP contribution in [0.2, 0.25) is 0 Å². The van der Waals surface area contributed by atoms with Gasteiger partial charge in [0.15, 0.2) is 13.1 Å². The van der Waals surface area contributed by atoms with Gasteiger partial charge < -0.3 is 9.64 Å². The van der Waals surface area contributed by atoms with E-state index in [1.807, 2.05) is 0 Å². The number of nitrogens with zero attached hydrogens (tertiary/aromatic N) is 3. The maximum absolute atomic E-state index is 12.7. The molecule has 2 fully saturated rings. The Bertz CT molecular complexity index is 616. The van der Waals surface area contributed by atoms with Gasteiger partial charge in [0.1, 0.15) is 13.2 Å². The first-order valence-electron chi connectivity index (χ1n) is 7.41. The smallest absolute Gasteiger partial charge is 0.317 e. The van der Waals surface area contributed by atoms with Gasteiger partial charge in [0.25, 0.3) is 5.69 Å². The summed E-state index contributed by atoms with van der Waals surface area (Å²) in [4.78, 5) is 24.7. The molecule has 1 amide bonds. The number of carbonyl (C=O) groups is 1. The van der Waals surface area contributed by atoms with Gasteiger partial charge in [0, 0.05) is 30.8 Å². The van der Waals surface area contributed by atoms with Gasteiger partial charge >= 0.3 is 5.91 Å². The number of ether oxygens (including phenoxy) is 1. The third kappa shape index (κ3) is 2.85. The third-order valence-electron chi connectivity index (χ3n) is 4.05. The van der Waals surface area contributed by atoms with Crippen molar-refractivity contribution >= 4 is 23.0 Å². The van der Waals surface area contributed by atoms with Crippen molar-refractivity contribution in [2.24, 2.45) is 0 Å². The number of piperidine rings is 1. The molecule has 0 bridgehead atoms. The number of rotatable bonds is 2. The van der Waals surface area contributed by atoms with E-state index in [9.17, 15) is 14.9 Å². The van der Waals surface area contributed by atoms with Crippen molar-refractivity contribution in [1.82, 2.24) is 0 Å². The Balaban J connectivity index is 1.84. The number of nitro groups is 1. The lowest BCUT2D eigenvalue weighted by atomic mass is 10.1. The van der Waals surface area contributed by atoms with Crippen molar-refractivity contribution in [3.05, 3.63) is 34.4 Å². The summed E-state index contributed by atoms with van der Waals surface area (Å²) < 4.78 is 7.43. The van der Waals surface area contributed by atoms with Gasteiger partial charge in [-0.1, -0.05) is 0 Å². The molecular weight excluding hydrogens is 286 g/mol. The summed E-state index contributed by atoms with van der Waals surface area (Å²) in [6, 6.07) is 6.15. The highest BCUT2D eigenvalue weighted by Crippen LogP contribution is 2.23. The van der Waals surface area contributed by atoms with Gasteiger partial charge in [-0.15, -0.1) is 0 Å². The average Bonchev–Trinajstić information content (AvgIpc) is 2.56. The normalized spacial score (nSPS) is 19.5. The minimum absolute atomic E-state index is 0.00185. The van der Waals surface area contributed by atoms with Crippen molar-refractivity contribution in [3.63, 3.8) is 0 Å². The second kappa shape index (κ2) is 6.23. The van der Waals surface area contributed by atoms with Gasteiger partial charge in [-0.05, 0) is 18.6 Å². The average molecular weight is 304 g/mol. The maximum Gasteiger partial charge on any atom is 0.317 e. The summed E-state index contributed by atoms with van der Waals surface area (Å²) in [5.41, 5.74) is 1.57. The Morgan fingerprint density at radius 2 is 1.86 bits per heavy atom. The minimum atomic E-state index is -0.437. The van der Waals surface area contributed by atoms with E-state index in [4.69, 9.17) is 4.74 Å². The number of amides is 1. The molecule has 0 atom stereocenters. The summed E-state index contributed by atoms with van der Waals surface area (Å²) in [7, 11) is 0. The third-order valence-corrected chi connectivity index (χ3v) is 4.05. The molecule has 0 spiro atoms. The Kier molecular flexibility index (Phi) is 4.15. The van der Waals surface area contributed by atoms with Crippen LogP contribution in [0.25, 0.3) is 0 Å². The lowest BCUT2D eigenvalue weighted by Crippen LogP contribution is -2.47. The summed E-state index contributed by atoms with van der Waals surface area (Å²) in [6.07, 6.45) is 1.68. The Labute approximate surface area is 127 Å². The summed E-state index contributed by atoms with van der Waals surface area (Å²) in [6.45, 7) is 3.43. The van der Waals surface area contributed by atoms with Crippen LogP contribution < -0.4 is 4.90 Å². The van der Waals surface area contributed by atoms with Crippen LogP contribution in [0.5, 0.6) is 0 Å². The van der Waals surface area contributed by atoms with E-state index >= 15 is 0 Å². The predicted octanol–water partition coefficient (Wildman–Crippen LogP) is 1.21. The Morgan fingerprint density at radius 1 is 1.18 bits per heavy atom. The van der Waals surface area contributed by atoms with Crippen molar-refractivity contribution in [3.8, 4) is 0 Å². The quantitative estimate of drug-likeness (QED) is 0.467. The molecule has 0 radical (unpaired) electrons. The van der Waals surface area contributed by atoms with Crippen molar-refractivity contribution in [1.29, 1.82) is 0 Å². The predicted molar refractivity (Wildman–Crippen MR) is 80.5 cm³/mol. The molecule has 7 nitrogen and oxygen atoms in total. The van der Waals surface area contributed by atoms with E-state index in [0.717, 1.165) is 31.6 Å². The number of hydrogen-bond donors (Lipinski definition) is 0. The van der Waals surface area contributed by atoms with E-state index in [0.29, 0.717) is 25.4 Å². The molecule has 0 N–H and O–H groups in total. The van der Waals surface area contributed by atoms with Crippen LogP contribution in [0.4, 0.5) is 11.4 Å². The zero-order chi connectivity index (χ0) is 15.5. The zero-order valence-electron chi connectivity index (χ0n) is 12.2. The lowest BCUT2D eigenvalue weighted by Gasteiger charge is -2.27. The molecule has 22 heavy (non-hydrogen) atoms. The fourth-order valence-corrected chi connectivity index (χ4v) is 2.90. The monoisotopic (exact) mass is 304 g/mol. The molecular formula is C15H18N3O4+. The Morgan fingerprint density at radius 3 is 2.50 bits per heavy atom. The van der Waals surface area contributed by atoms with E-state index in [-0.39, 0.29) is 11.6 Å². The number of anilines is 1. The number of non-ortho nitro benzene ring substituents is 1. The second-order valence-electron chi connectivity index (χ2n) is 5.38. The molecule has 7 heteroatoms. The highest BCUT2D eigenvalue weighted by atomic mass is 16.6. The number of benzene rings is 1. The largest absolute Gasteiger partial charge is 0.368 e. The van der Waals surface area contributed by atoms with E-state index in [2.05, 4.69) is 4.58 Å². The van der Waals surface area contributed by atoms with Crippen LogP contribution in [-0.4, -0.2) is 54.0 Å². The first-order valence-corrected chi connectivity index (χ1v) is 7.41. The van der Waals surface area contributed by atoms with E-state index < -0.39 is 4.92 Å². The van der Waals surface area contributed by atoms with Crippen LogP contribution in [0.15, 0.2) is 24.3 Å². The summed E-state index contributed by atoms with van der Waals surface area (Å²) in [5, 5.41) is 10.7. The molecule has 0 aromatic heterocycles. The van der Waals surface area contributed by atoms with Crippen LogP contribution in [0, 0.1) is 10.1 Å². The number of nitro benzene ring substituents is 1. The number of carbonyl (C=O) groups excluding carboxylic acids is 1. The van der Waals surface area contributed by atoms with Gasteiger partial charge in [-0.3, -0.25) is 14.9 Å². The molecule has 2 aliphatic rings. The Hall–Kier alpha value is -2.28. The molecule has 1 aromatic carbocycles. The summed E-state index contributed by atoms with van der Waals surface area (Å²) in [5.74, 6) is 0.00185. The maximum atomic E-state index is 12.7. The topological polar surface area (TPSA) is 75.7 Å². The van der Waals surface area contributed by atoms with Crippen molar-refractivity contribution < 1.29 is 19.0 Å². The standard InChI is InChI=1S/C15H18N3O4/c19-15-14(16-8-10-22-11-9-16)2-1-7-17(15)12-3-5-13(6-4-12)18(20)21/h3-6H,1-2,7-11H2/q+1. The molecule has 2 saturated heterocycles. The first kappa shape index (κ1) is 14.6. The molecule has 0 aliphatic carbocycles. The van der Waals surface area contributed by atoms with Gasteiger partial charge in [-0.25, -0.2) is 4.58 Å². The van der Waals surface area contributed by atoms with Crippen molar-refractivity contribution in [2.45, 2.75) is 12.8 Å². The fourth-order valence-electron chi connectivity index (χ4n) is 2.90. The lowest BCUT2D eigenvalue weighted by molar-refractivity contribution is -0.549. The molecule has 3 rings (SSSR count). The second-order valence-corrected chi connectivity index (χ2v) is 5.38. The highest BCUT2D eigenvalue weighted by Gasteiger charge is 2.33. The zero-order valence-corrected chi connectivity index (χ0v) is 12.2. The van der Waals surface area contributed by atoms with Gasteiger partial charge in [0.05, 0.1) is 4.92 Å². The number of hydrogen-bond acceptors (Lipinski definition) is 4. The van der Waals surface area contributed by atoms with E-state index in [1.165, 1.54) is 12.1 Å². The molecule has 1 aromatic rings. The minimum Gasteiger partial charge on any atom is -0.368 e. The SMILES string of the molecule is O=C1C(=[N+]2CCOCC2)CCCN1c1ccc([N+](=O)[O-])cc1. The molecule has 2 aliphatic heterocycles. The van der Waals surface area contributed by atoms with Crippen LogP contribution in [0.3, 0.4) is 0 Å². The van der Waals surface area contributed by atoms with E-state index in [1.54, 1.807) is 17.0 Å². The molecule has 0 unspecified atom stereocenters. The number of morpholine rings is 1. The fraction of sp³-hybridized carbons (Fsp3) is 0.467. The van der Waals surface area contributed by atoms with Crippen LogP contribution in [0.1, 0.15) is 12.8 Å². The van der Waals surface area contributed by atoms with Gasteiger partial charge in [-0.2, -0.15) is 0 Å².